The monoisotopic (exact) mass is 308 g/mol. The second kappa shape index (κ2) is 4.19. The fraction of sp³-hybridized carbons (Fsp3) is 0.111. The Morgan fingerprint density at radius 3 is 2.62 bits per heavy atom. The summed E-state index contributed by atoms with van der Waals surface area (Å²) in [5, 5.41) is -0.597. The first-order chi connectivity index (χ1) is 6.06. The molecular formula is C9H6ClIO2. The minimum Gasteiger partial charge on any atom is -0.298 e. The lowest BCUT2D eigenvalue weighted by molar-refractivity contribution is 0.106. The van der Waals surface area contributed by atoms with E-state index in [4.69, 9.17) is 11.6 Å². The molecule has 0 fully saturated rings. The molecule has 0 aromatic heterocycles. The predicted molar refractivity (Wildman–Crippen MR) is 59.5 cm³/mol. The lowest BCUT2D eigenvalue weighted by Gasteiger charge is -2.03. The fourth-order valence-corrected chi connectivity index (χ4v) is 1.60. The average molecular weight is 309 g/mol. The summed E-state index contributed by atoms with van der Waals surface area (Å²) in [6, 6.07) is 3.28. The van der Waals surface area contributed by atoms with Crippen LogP contribution in [0.4, 0.5) is 0 Å². The standard InChI is InChI=1S/C9H6ClIO2/c1-5-2-6(4-12)7(9(10)13)3-8(5)11/h2-4H,1H3. The minimum atomic E-state index is -0.597. The van der Waals surface area contributed by atoms with Gasteiger partial charge in [0.15, 0.2) is 6.29 Å². The van der Waals surface area contributed by atoms with Gasteiger partial charge in [-0.2, -0.15) is 0 Å². The van der Waals surface area contributed by atoms with E-state index in [1.165, 1.54) is 0 Å². The van der Waals surface area contributed by atoms with Gasteiger partial charge in [0.05, 0.1) is 0 Å². The molecule has 0 aliphatic carbocycles. The Balaban J connectivity index is 3.41. The molecule has 0 atom stereocenters. The first-order valence-corrected chi connectivity index (χ1v) is 4.97. The van der Waals surface area contributed by atoms with Crippen molar-refractivity contribution in [1.29, 1.82) is 0 Å². The Kier molecular flexibility index (Phi) is 3.44. The zero-order chi connectivity index (χ0) is 10.0. The molecule has 0 aliphatic heterocycles. The molecule has 0 heterocycles. The molecular weight excluding hydrogens is 302 g/mol. The van der Waals surface area contributed by atoms with Gasteiger partial charge in [-0.15, -0.1) is 0 Å². The van der Waals surface area contributed by atoms with Crippen molar-refractivity contribution in [3.8, 4) is 0 Å². The van der Waals surface area contributed by atoms with Gasteiger partial charge in [-0.1, -0.05) is 0 Å². The number of hydrogen-bond acceptors (Lipinski definition) is 2. The number of aryl methyl sites for hydroxylation is 1. The summed E-state index contributed by atoms with van der Waals surface area (Å²) >= 11 is 7.40. The van der Waals surface area contributed by atoms with Crippen LogP contribution < -0.4 is 0 Å². The number of hydrogen-bond donors (Lipinski definition) is 0. The smallest absolute Gasteiger partial charge is 0.253 e. The van der Waals surface area contributed by atoms with Gasteiger partial charge in [0.1, 0.15) is 0 Å². The highest BCUT2D eigenvalue weighted by Gasteiger charge is 2.10. The topological polar surface area (TPSA) is 34.1 Å². The number of carbonyl (C=O) groups is 2. The molecule has 0 saturated carbocycles. The summed E-state index contributed by atoms with van der Waals surface area (Å²) in [5.41, 5.74) is 1.58. The second-order valence-corrected chi connectivity index (χ2v) is 4.09. The highest BCUT2D eigenvalue weighted by atomic mass is 127. The van der Waals surface area contributed by atoms with Crippen molar-refractivity contribution in [2.75, 3.05) is 0 Å². The van der Waals surface area contributed by atoms with E-state index < -0.39 is 5.24 Å². The van der Waals surface area contributed by atoms with Gasteiger partial charge in [0.25, 0.3) is 5.24 Å². The minimum absolute atomic E-state index is 0.270. The number of aldehydes is 1. The number of halogens is 2. The van der Waals surface area contributed by atoms with Crippen molar-refractivity contribution in [2.24, 2.45) is 0 Å². The first-order valence-electron chi connectivity index (χ1n) is 3.51. The van der Waals surface area contributed by atoms with E-state index in [9.17, 15) is 9.59 Å². The van der Waals surface area contributed by atoms with E-state index in [0.29, 0.717) is 11.8 Å². The van der Waals surface area contributed by atoms with Gasteiger partial charge in [-0.05, 0) is 58.8 Å². The van der Waals surface area contributed by atoms with Crippen LogP contribution in [0.5, 0.6) is 0 Å². The Morgan fingerprint density at radius 1 is 1.54 bits per heavy atom. The molecule has 2 nitrogen and oxygen atoms in total. The maximum atomic E-state index is 10.9. The molecule has 0 unspecified atom stereocenters. The first kappa shape index (κ1) is 10.7. The van der Waals surface area contributed by atoms with Crippen LogP contribution in [0.3, 0.4) is 0 Å². The molecule has 68 valence electrons. The number of carbonyl (C=O) groups excluding carboxylic acids is 2. The summed E-state index contributed by atoms with van der Waals surface area (Å²) in [7, 11) is 0. The van der Waals surface area contributed by atoms with Crippen molar-refractivity contribution in [3.05, 3.63) is 32.4 Å². The third-order valence-corrected chi connectivity index (χ3v) is 3.04. The molecule has 4 heteroatoms. The fourth-order valence-electron chi connectivity index (χ4n) is 0.972. The van der Waals surface area contributed by atoms with E-state index in [1.54, 1.807) is 12.1 Å². The van der Waals surface area contributed by atoms with Crippen molar-refractivity contribution in [1.82, 2.24) is 0 Å². The zero-order valence-electron chi connectivity index (χ0n) is 6.80. The maximum Gasteiger partial charge on any atom is 0.253 e. The number of rotatable bonds is 2. The molecule has 0 bridgehead atoms. The van der Waals surface area contributed by atoms with E-state index in [1.807, 2.05) is 6.92 Å². The third kappa shape index (κ3) is 2.28. The SMILES string of the molecule is Cc1cc(C=O)c(C(=O)Cl)cc1I. The van der Waals surface area contributed by atoms with E-state index in [-0.39, 0.29) is 5.56 Å². The Bertz CT molecular complexity index is 374. The van der Waals surface area contributed by atoms with Gasteiger partial charge >= 0.3 is 0 Å². The summed E-state index contributed by atoms with van der Waals surface area (Å²) in [4.78, 5) is 21.5. The lowest BCUT2D eigenvalue weighted by atomic mass is 10.1. The van der Waals surface area contributed by atoms with Gasteiger partial charge in [0.2, 0.25) is 0 Å². The maximum absolute atomic E-state index is 10.9. The van der Waals surface area contributed by atoms with Crippen molar-refractivity contribution in [2.45, 2.75) is 6.92 Å². The van der Waals surface area contributed by atoms with Crippen LogP contribution in [-0.2, 0) is 0 Å². The normalized spacial score (nSPS) is 9.77. The summed E-state index contributed by atoms with van der Waals surface area (Å²) < 4.78 is 0.923. The predicted octanol–water partition coefficient (Wildman–Crippen LogP) is 2.79. The van der Waals surface area contributed by atoms with Crippen LogP contribution >= 0.6 is 34.2 Å². The molecule has 0 saturated heterocycles. The van der Waals surface area contributed by atoms with E-state index >= 15 is 0 Å². The molecule has 1 rings (SSSR count). The summed E-state index contributed by atoms with van der Waals surface area (Å²) in [5.74, 6) is 0. The Hall–Kier alpha value is -0.420. The van der Waals surface area contributed by atoms with Crippen LogP contribution in [-0.4, -0.2) is 11.5 Å². The van der Waals surface area contributed by atoms with Crippen molar-refractivity contribution < 1.29 is 9.59 Å². The molecule has 0 spiro atoms. The lowest BCUT2D eigenvalue weighted by Crippen LogP contribution is -1.98. The van der Waals surface area contributed by atoms with Crippen LogP contribution in [0.1, 0.15) is 26.3 Å². The average Bonchev–Trinajstić information content (AvgIpc) is 2.08. The molecule has 1 aromatic carbocycles. The molecule has 0 aliphatic rings. The van der Waals surface area contributed by atoms with E-state index in [2.05, 4.69) is 22.6 Å². The van der Waals surface area contributed by atoms with Crippen LogP contribution in [0, 0.1) is 10.5 Å². The zero-order valence-corrected chi connectivity index (χ0v) is 9.72. The van der Waals surface area contributed by atoms with Gasteiger partial charge < -0.3 is 0 Å². The quantitative estimate of drug-likeness (QED) is 0.478. The highest BCUT2D eigenvalue weighted by molar-refractivity contribution is 14.1. The summed E-state index contributed by atoms with van der Waals surface area (Å²) in [6.07, 6.45) is 0.638. The van der Waals surface area contributed by atoms with Gasteiger partial charge in [-0.25, -0.2) is 0 Å². The van der Waals surface area contributed by atoms with Crippen LogP contribution in [0.2, 0.25) is 0 Å². The molecule has 0 radical (unpaired) electrons. The molecule has 0 amide bonds. The van der Waals surface area contributed by atoms with Crippen molar-refractivity contribution in [3.63, 3.8) is 0 Å². The largest absolute Gasteiger partial charge is 0.298 e. The summed E-state index contributed by atoms with van der Waals surface area (Å²) in [6.45, 7) is 1.87. The second-order valence-electron chi connectivity index (χ2n) is 2.58. The van der Waals surface area contributed by atoms with Crippen LogP contribution in [0.15, 0.2) is 12.1 Å². The molecule has 13 heavy (non-hydrogen) atoms. The van der Waals surface area contributed by atoms with Crippen LogP contribution in [0.25, 0.3) is 0 Å². The van der Waals surface area contributed by atoms with E-state index in [0.717, 1.165) is 9.13 Å². The van der Waals surface area contributed by atoms with Gasteiger partial charge in [0, 0.05) is 14.7 Å². The van der Waals surface area contributed by atoms with Crippen molar-refractivity contribution >= 4 is 45.7 Å². The molecule has 1 aromatic rings. The Morgan fingerprint density at radius 2 is 2.15 bits per heavy atom. The third-order valence-electron chi connectivity index (χ3n) is 1.67. The van der Waals surface area contributed by atoms with Gasteiger partial charge in [-0.3, -0.25) is 9.59 Å². The Labute approximate surface area is 94.4 Å². The highest BCUT2D eigenvalue weighted by Crippen LogP contribution is 2.18. The molecule has 0 N–H and O–H groups in total. The number of benzene rings is 1.